The molecule has 0 radical (unpaired) electrons. The van der Waals surface area contributed by atoms with Gasteiger partial charge in [-0.15, -0.1) is 0 Å². The molecule has 4 rings (SSSR count). The van der Waals surface area contributed by atoms with Crippen LogP contribution in [0.5, 0.6) is 0 Å². The zero-order valence-electron chi connectivity index (χ0n) is 15.8. The average molecular weight is 384 g/mol. The number of benzene rings is 1. The summed E-state index contributed by atoms with van der Waals surface area (Å²) in [6, 6.07) is 10.1. The molecule has 0 saturated carbocycles. The smallest absolute Gasteiger partial charge is 0.208 e. The van der Waals surface area contributed by atoms with Crippen LogP contribution in [0, 0.1) is 19.8 Å². The van der Waals surface area contributed by atoms with Gasteiger partial charge in [0.05, 0.1) is 12.2 Å². The molecule has 142 valence electrons. The molecule has 0 atom stereocenters. The zero-order valence-corrected chi connectivity index (χ0v) is 16.6. The first kappa shape index (κ1) is 18.1. The number of aryl methyl sites for hydroxylation is 2. The molecule has 6 nitrogen and oxygen atoms in total. The number of oxazole rings is 1. The summed E-state index contributed by atoms with van der Waals surface area (Å²) in [6.45, 7) is 7.90. The minimum absolute atomic E-state index is 0.665. The van der Waals surface area contributed by atoms with Gasteiger partial charge in [-0.1, -0.05) is 30.3 Å². The Morgan fingerprint density at radius 3 is 2.63 bits per heavy atom. The molecule has 1 saturated heterocycles. The number of nitrogens with one attached hydrogen (secondary N) is 1. The van der Waals surface area contributed by atoms with Crippen LogP contribution in [0.3, 0.4) is 0 Å². The fourth-order valence-electron chi connectivity index (χ4n) is 3.38. The Morgan fingerprint density at radius 1 is 1.15 bits per heavy atom. The first-order valence-electron chi connectivity index (χ1n) is 9.45. The maximum Gasteiger partial charge on any atom is 0.208 e. The molecule has 2 aromatic heterocycles. The van der Waals surface area contributed by atoms with E-state index in [4.69, 9.17) is 4.42 Å². The van der Waals surface area contributed by atoms with Gasteiger partial charge in [0.25, 0.3) is 0 Å². The quantitative estimate of drug-likeness (QED) is 0.690. The summed E-state index contributed by atoms with van der Waals surface area (Å²) in [4.78, 5) is 11.5. The molecule has 0 bridgehead atoms. The minimum atomic E-state index is 0.665. The molecule has 3 aromatic rings. The molecule has 1 fully saturated rings. The Bertz CT molecular complexity index is 848. The predicted molar refractivity (Wildman–Crippen MR) is 108 cm³/mol. The molecule has 1 N–H and O–H groups in total. The second kappa shape index (κ2) is 8.19. The number of nitrogens with zero attached hydrogens (tertiary/aromatic N) is 4. The van der Waals surface area contributed by atoms with Crippen molar-refractivity contribution >= 4 is 16.7 Å². The molecule has 7 heteroatoms. The number of likely N-dealkylation sites (tertiary alicyclic amines) is 1. The Hall–Kier alpha value is -2.25. The van der Waals surface area contributed by atoms with Gasteiger partial charge in [0.2, 0.25) is 11.0 Å². The van der Waals surface area contributed by atoms with E-state index in [1.54, 1.807) is 0 Å². The molecule has 0 amide bonds. The summed E-state index contributed by atoms with van der Waals surface area (Å²) in [5.74, 6) is 3.23. The maximum absolute atomic E-state index is 5.71. The fourth-order valence-corrected chi connectivity index (χ4v) is 3.97. The van der Waals surface area contributed by atoms with E-state index in [1.807, 2.05) is 44.2 Å². The molecule has 1 aromatic carbocycles. The topological polar surface area (TPSA) is 67.1 Å². The summed E-state index contributed by atoms with van der Waals surface area (Å²) < 4.78 is 10.2. The summed E-state index contributed by atoms with van der Waals surface area (Å²) >= 11 is 1.44. The van der Waals surface area contributed by atoms with Crippen LogP contribution in [0.2, 0.25) is 0 Å². The highest BCUT2D eigenvalue weighted by Gasteiger charge is 2.21. The van der Waals surface area contributed by atoms with Crippen molar-refractivity contribution in [3.63, 3.8) is 0 Å². The van der Waals surface area contributed by atoms with E-state index in [2.05, 4.69) is 24.6 Å². The summed E-state index contributed by atoms with van der Waals surface area (Å²) in [7, 11) is 0. The largest absolute Gasteiger partial charge is 0.444 e. The Kier molecular flexibility index (Phi) is 5.50. The highest BCUT2D eigenvalue weighted by molar-refractivity contribution is 7.09. The molecule has 3 heterocycles. The van der Waals surface area contributed by atoms with Gasteiger partial charge in [-0.3, -0.25) is 4.90 Å². The van der Waals surface area contributed by atoms with E-state index in [1.165, 1.54) is 24.4 Å². The number of hydrogen-bond donors (Lipinski definition) is 1. The SMILES string of the molecule is Cc1nc(CN2CCC(CNc3nc(-c4ccccc4)ns3)CC2)oc1C. The van der Waals surface area contributed by atoms with Gasteiger partial charge >= 0.3 is 0 Å². The molecule has 0 spiro atoms. The minimum Gasteiger partial charge on any atom is -0.444 e. The van der Waals surface area contributed by atoms with Gasteiger partial charge in [0.15, 0.2) is 5.82 Å². The van der Waals surface area contributed by atoms with Gasteiger partial charge in [0, 0.05) is 23.6 Å². The maximum atomic E-state index is 5.71. The second-order valence-electron chi connectivity index (χ2n) is 7.14. The van der Waals surface area contributed by atoms with Crippen LogP contribution in [0.25, 0.3) is 11.4 Å². The van der Waals surface area contributed by atoms with E-state index in [0.29, 0.717) is 5.92 Å². The number of aromatic nitrogens is 3. The molecule has 27 heavy (non-hydrogen) atoms. The third kappa shape index (κ3) is 4.54. The van der Waals surface area contributed by atoms with Gasteiger partial charge < -0.3 is 9.73 Å². The third-order valence-electron chi connectivity index (χ3n) is 5.14. The summed E-state index contributed by atoms with van der Waals surface area (Å²) in [5, 5.41) is 4.38. The summed E-state index contributed by atoms with van der Waals surface area (Å²) in [5.41, 5.74) is 2.06. The number of piperidine rings is 1. The molecule has 1 aliphatic rings. The Morgan fingerprint density at radius 2 is 1.93 bits per heavy atom. The van der Waals surface area contributed by atoms with Gasteiger partial charge in [-0.25, -0.2) is 4.98 Å². The fraction of sp³-hybridized carbons (Fsp3) is 0.450. The van der Waals surface area contributed by atoms with Crippen molar-refractivity contribution in [1.29, 1.82) is 0 Å². The van der Waals surface area contributed by atoms with Crippen LogP contribution in [-0.2, 0) is 6.54 Å². The van der Waals surface area contributed by atoms with E-state index in [0.717, 1.165) is 60.0 Å². The summed E-state index contributed by atoms with van der Waals surface area (Å²) in [6.07, 6.45) is 2.35. The average Bonchev–Trinajstić information content (AvgIpc) is 3.29. The van der Waals surface area contributed by atoms with Gasteiger partial charge in [-0.05, 0) is 45.7 Å². The van der Waals surface area contributed by atoms with Crippen molar-refractivity contribution in [2.45, 2.75) is 33.2 Å². The first-order valence-corrected chi connectivity index (χ1v) is 10.2. The third-order valence-corrected chi connectivity index (χ3v) is 5.81. The monoisotopic (exact) mass is 383 g/mol. The number of hydrogen-bond acceptors (Lipinski definition) is 7. The number of rotatable bonds is 6. The highest BCUT2D eigenvalue weighted by atomic mass is 32.1. The first-order chi connectivity index (χ1) is 13.2. The van der Waals surface area contributed by atoms with Crippen LogP contribution >= 0.6 is 11.5 Å². The molecular formula is C20H25N5OS. The molecule has 1 aliphatic heterocycles. The lowest BCUT2D eigenvalue weighted by Crippen LogP contribution is -2.35. The van der Waals surface area contributed by atoms with Gasteiger partial charge in [-0.2, -0.15) is 9.36 Å². The van der Waals surface area contributed by atoms with Gasteiger partial charge in [0.1, 0.15) is 5.76 Å². The Balaban J connectivity index is 1.23. The van der Waals surface area contributed by atoms with E-state index >= 15 is 0 Å². The normalized spacial score (nSPS) is 15.9. The molecular weight excluding hydrogens is 358 g/mol. The van der Waals surface area contributed by atoms with Crippen LogP contribution < -0.4 is 5.32 Å². The van der Waals surface area contributed by atoms with Crippen molar-refractivity contribution in [2.75, 3.05) is 25.0 Å². The van der Waals surface area contributed by atoms with E-state index in [9.17, 15) is 0 Å². The van der Waals surface area contributed by atoms with E-state index < -0.39 is 0 Å². The van der Waals surface area contributed by atoms with Crippen LogP contribution in [-0.4, -0.2) is 38.9 Å². The van der Waals surface area contributed by atoms with Crippen molar-refractivity contribution in [2.24, 2.45) is 5.92 Å². The lowest BCUT2D eigenvalue weighted by atomic mass is 9.97. The van der Waals surface area contributed by atoms with Crippen LogP contribution in [0.1, 0.15) is 30.2 Å². The van der Waals surface area contributed by atoms with Crippen molar-refractivity contribution in [1.82, 2.24) is 19.2 Å². The van der Waals surface area contributed by atoms with Crippen molar-refractivity contribution < 1.29 is 4.42 Å². The van der Waals surface area contributed by atoms with Crippen molar-refractivity contribution in [3.05, 3.63) is 47.7 Å². The predicted octanol–water partition coefficient (Wildman–Crippen LogP) is 4.13. The lowest BCUT2D eigenvalue weighted by Gasteiger charge is -2.31. The van der Waals surface area contributed by atoms with E-state index in [-0.39, 0.29) is 0 Å². The molecule has 0 unspecified atom stereocenters. The van der Waals surface area contributed by atoms with Crippen molar-refractivity contribution in [3.8, 4) is 11.4 Å². The number of anilines is 1. The van der Waals surface area contributed by atoms with Crippen LogP contribution in [0.4, 0.5) is 5.13 Å². The highest BCUT2D eigenvalue weighted by Crippen LogP contribution is 2.23. The van der Waals surface area contributed by atoms with Crippen LogP contribution in [0.15, 0.2) is 34.7 Å². The zero-order chi connectivity index (χ0) is 18.6. The lowest BCUT2D eigenvalue weighted by molar-refractivity contribution is 0.167. The molecule has 0 aliphatic carbocycles. The second-order valence-corrected chi connectivity index (χ2v) is 7.89. The standard InChI is InChI=1S/C20H25N5OS/c1-14-15(2)26-18(22-14)13-25-10-8-16(9-11-25)12-21-20-23-19(24-27-20)17-6-4-3-5-7-17/h3-7,16H,8-13H2,1-2H3,(H,21,23,24). The Labute approximate surface area is 163 Å².